The Bertz CT molecular complexity index is 1330. The molecule has 204 valence electrons. The maximum absolute atomic E-state index is 12.5. The predicted molar refractivity (Wildman–Crippen MR) is 162 cm³/mol. The number of hydrogen-bond acceptors (Lipinski definition) is 7. The van der Waals surface area contributed by atoms with Crippen molar-refractivity contribution in [1.82, 2.24) is 15.6 Å². The van der Waals surface area contributed by atoms with E-state index in [1.807, 2.05) is 26.0 Å². The molecule has 38 heavy (non-hydrogen) atoms. The van der Waals surface area contributed by atoms with E-state index in [9.17, 15) is 14.4 Å². The van der Waals surface area contributed by atoms with Crippen molar-refractivity contribution in [2.45, 2.75) is 40.2 Å². The quantitative estimate of drug-likeness (QED) is 0.204. The van der Waals surface area contributed by atoms with Crippen molar-refractivity contribution in [3.63, 3.8) is 0 Å². The van der Waals surface area contributed by atoms with E-state index < -0.39 is 0 Å². The van der Waals surface area contributed by atoms with E-state index in [0.29, 0.717) is 37.9 Å². The van der Waals surface area contributed by atoms with Gasteiger partial charge in [0.1, 0.15) is 4.88 Å². The molecule has 0 bridgehead atoms. The summed E-state index contributed by atoms with van der Waals surface area (Å²) in [6, 6.07) is 7.27. The number of aryl methyl sites for hydroxylation is 2. The molecule has 0 radical (unpaired) electrons. The van der Waals surface area contributed by atoms with Crippen LogP contribution in [0, 0.1) is 13.8 Å². The number of anilines is 3. The number of carbonyl (C=O) groups is 3. The molecule has 0 aliphatic heterocycles. The van der Waals surface area contributed by atoms with Gasteiger partial charge in [0, 0.05) is 40.5 Å². The first-order valence-corrected chi connectivity index (χ1v) is 14.2. The van der Waals surface area contributed by atoms with Crippen LogP contribution in [0.2, 0.25) is 0 Å². The van der Waals surface area contributed by atoms with Gasteiger partial charge in [-0.25, -0.2) is 4.98 Å². The summed E-state index contributed by atoms with van der Waals surface area (Å²) in [7, 11) is 3.15. The Morgan fingerprint density at radius 3 is 2.05 bits per heavy atom. The molecule has 0 spiro atoms. The molecule has 1 aromatic heterocycles. The van der Waals surface area contributed by atoms with Gasteiger partial charge in [0.25, 0.3) is 17.7 Å². The summed E-state index contributed by atoms with van der Waals surface area (Å²) in [5.74, 6) is -0.609. The Balaban J connectivity index is 0.000000328. The smallest absolute Gasteiger partial charge is 0.267 e. The van der Waals surface area contributed by atoms with Crippen molar-refractivity contribution >= 4 is 77.4 Å². The average Bonchev–Trinajstić information content (AvgIpc) is 3.35. The van der Waals surface area contributed by atoms with E-state index in [0.717, 1.165) is 27.2 Å². The molecule has 0 saturated carbocycles. The summed E-state index contributed by atoms with van der Waals surface area (Å²) < 4.78 is 1.44. The molecule has 6 N–H and O–H groups in total. The maximum atomic E-state index is 12.5. The van der Waals surface area contributed by atoms with Gasteiger partial charge in [0.15, 0.2) is 5.13 Å². The van der Waals surface area contributed by atoms with Gasteiger partial charge < -0.3 is 27.0 Å². The third-order valence-electron chi connectivity index (χ3n) is 5.57. The van der Waals surface area contributed by atoms with Crippen LogP contribution in [-0.4, -0.2) is 42.8 Å². The minimum atomic E-state index is -0.247. The van der Waals surface area contributed by atoms with Gasteiger partial charge in [-0.3, -0.25) is 14.4 Å². The molecule has 0 fully saturated rings. The fraction of sp³-hybridized carbons (Fsp3) is 0.308. The largest absolute Gasteiger partial charge is 0.398 e. The van der Waals surface area contributed by atoms with Crippen molar-refractivity contribution < 1.29 is 14.4 Å². The summed E-state index contributed by atoms with van der Waals surface area (Å²) in [6.07, 6.45) is 2.53. The van der Waals surface area contributed by atoms with E-state index >= 15 is 0 Å². The molecule has 0 aliphatic carbocycles. The van der Waals surface area contributed by atoms with Crippen molar-refractivity contribution in [2.75, 3.05) is 30.5 Å². The number of nitrogen functional groups attached to an aromatic ring is 1. The molecule has 3 rings (SSSR count). The number of carbonyl (C=O) groups excluding carboxylic acids is 3. The van der Waals surface area contributed by atoms with Crippen LogP contribution in [0.5, 0.6) is 0 Å². The highest BCUT2D eigenvalue weighted by Crippen LogP contribution is 2.27. The minimum absolute atomic E-state index is 0.140. The molecular weight excluding hydrogens is 636 g/mol. The van der Waals surface area contributed by atoms with Gasteiger partial charge in [0.05, 0.1) is 17.3 Å². The number of rotatable bonds is 7. The highest BCUT2D eigenvalue weighted by Gasteiger charge is 2.16. The summed E-state index contributed by atoms with van der Waals surface area (Å²) in [5, 5.41) is 12.0. The van der Waals surface area contributed by atoms with Gasteiger partial charge in [-0.2, -0.15) is 0 Å². The van der Waals surface area contributed by atoms with Gasteiger partial charge >= 0.3 is 0 Å². The lowest BCUT2D eigenvalue weighted by atomic mass is 10.1. The average molecular weight is 668 g/mol. The fourth-order valence-electron chi connectivity index (χ4n) is 3.06. The minimum Gasteiger partial charge on any atom is -0.398 e. The topological polar surface area (TPSA) is 138 Å². The Morgan fingerprint density at radius 2 is 1.50 bits per heavy atom. The van der Waals surface area contributed by atoms with Crippen LogP contribution < -0.4 is 27.0 Å². The van der Waals surface area contributed by atoms with E-state index in [2.05, 4.69) is 72.0 Å². The zero-order chi connectivity index (χ0) is 28.6. The summed E-state index contributed by atoms with van der Waals surface area (Å²) in [6.45, 7) is 7.91. The number of halogens is 2. The van der Waals surface area contributed by atoms with E-state index in [1.165, 1.54) is 11.3 Å². The summed E-state index contributed by atoms with van der Waals surface area (Å²) in [4.78, 5) is 40.5. The molecule has 0 saturated heterocycles. The number of benzene rings is 2. The number of nitrogens with one attached hydrogen (secondary N) is 4. The second kappa shape index (κ2) is 14.3. The van der Waals surface area contributed by atoms with E-state index in [-0.39, 0.29) is 17.7 Å². The zero-order valence-electron chi connectivity index (χ0n) is 22.1. The number of nitrogens with two attached hydrogens (primary N) is 1. The van der Waals surface area contributed by atoms with Crippen LogP contribution in [0.3, 0.4) is 0 Å². The molecule has 9 nitrogen and oxygen atoms in total. The second-order valence-corrected chi connectivity index (χ2v) is 11.2. The van der Waals surface area contributed by atoms with Crippen molar-refractivity contribution in [1.29, 1.82) is 0 Å². The molecule has 3 aromatic rings. The normalized spacial score (nSPS) is 11.1. The molecule has 0 unspecified atom stereocenters. The first-order chi connectivity index (χ1) is 17.9. The number of amides is 3. The lowest BCUT2D eigenvalue weighted by Gasteiger charge is -2.11. The number of aromatic nitrogens is 1. The standard InChI is InChI=1S/C17H21BrN4O2S.C9H11BrN2O/c1-5-10(3)21-17-20-8-14(25-17)16(24)22-13-7-11(15(23)19-4)12(18)6-9(13)2;1-5-3-7(10)6(4-8(5)11)9(13)12-2/h6-8,10H,5H2,1-4H3,(H,19,23)(H,20,21)(H,22,24);3-4H,11H2,1-2H3,(H,12,13)/t10-;/m1./s1. The molecule has 1 heterocycles. The van der Waals surface area contributed by atoms with Gasteiger partial charge in [-0.05, 0) is 94.4 Å². The molecule has 3 amide bonds. The Labute approximate surface area is 243 Å². The fourth-order valence-corrected chi connectivity index (χ4v) is 5.16. The van der Waals surface area contributed by atoms with Crippen molar-refractivity contribution in [3.05, 3.63) is 66.5 Å². The first-order valence-electron chi connectivity index (χ1n) is 11.7. The van der Waals surface area contributed by atoms with E-state index in [4.69, 9.17) is 5.73 Å². The van der Waals surface area contributed by atoms with Crippen molar-refractivity contribution in [3.8, 4) is 0 Å². The summed E-state index contributed by atoms with van der Waals surface area (Å²) in [5.41, 5.74) is 9.74. The number of hydrogen-bond donors (Lipinski definition) is 5. The zero-order valence-corrected chi connectivity index (χ0v) is 26.1. The number of nitrogens with zero attached hydrogens (tertiary/aromatic N) is 1. The maximum Gasteiger partial charge on any atom is 0.267 e. The SMILES string of the molecule is CC[C@@H](C)Nc1ncc(C(=O)Nc2cc(C(=O)NC)c(Br)cc2C)s1.CNC(=O)c1cc(N)c(C)cc1Br. The molecule has 1 atom stereocenters. The van der Waals surface area contributed by atoms with Crippen molar-refractivity contribution in [2.24, 2.45) is 0 Å². The van der Waals surface area contributed by atoms with Crippen LogP contribution in [0.15, 0.2) is 39.4 Å². The summed E-state index contributed by atoms with van der Waals surface area (Å²) >= 11 is 7.99. The van der Waals surface area contributed by atoms with Gasteiger partial charge in [0.2, 0.25) is 0 Å². The molecule has 2 aromatic carbocycles. The van der Waals surface area contributed by atoms with Crippen LogP contribution in [0.4, 0.5) is 16.5 Å². The first kappa shape index (κ1) is 31.3. The highest BCUT2D eigenvalue weighted by atomic mass is 79.9. The number of thiazole rings is 1. The van der Waals surface area contributed by atoms with Crippen LogP contribution in [0.25, 0.3) is 0 Å². The third-order valence-corrected chi connectivity index (χ3v) is 7.81. The molecule has 0 aliphatic rings. The Kier molecular flexibility index (Phi) is 11.7. The lowest BCUT2D eigenvalue weighted by Crippen LogP contribution is -2.19. The lowest BCUT2D eigenvalue weighted by molar-refractivity contribution is 0.0954. The second-order valence-electron chi connectivity index (χ2n) is 8.43. The van der Waals surface area contributed by atoms with Gasteiger partial charge in [-0.1, -0.05) is 18.3 Å². The van der Waals surface area contributed by atoms with Crippen LogP contribution in [-0.2, 0) is 0 Å². The molecular formula is C26H32Br2N6O3S. The Morgan fingerprint density at radius 1 is 0.947 bits per heavy atom. The predicted octanol–water partition coefficient (Wildman–Crippen LogP) is 5.74. The molecule has 12 heteroatoms. The monoisotopic (exact) mass is 666 g/mol. The van der Waals surface area contributed by atoms with Crippen LogP contribution >= 0.6 is 43.2 Å². The van der Waals surface area contributed by atoms with Gasteiger partial charge in [-0.15, -0.1) is 0 Å². The highest BCUT2D eigenvalue weighted by molar-refractivity contribution is 9.10. The third kappa shape index (κ3) is 8.27. The van der Waals surface area contributed by atoms with Crippen LogP contribution in [0.1, 0.15) is 61.8 Å². The Hall–Kier alpha value is -2.96. The van der Waals surface area contributed by atoms with E-state index in [1.54, 1.807) is 32.4 Å².